The molecule has 0 bridgehead atoms. The smallest absolute Gasteiger partial charge is 0.279 e. The van der Waals surface area contributed by atoms with E-state index in [1.165, 1.54) is 0 Å². The van der Waals surface area contributed by atoms with E-state index in [9.17, 15) is 4.79 Å². The fraction of sp³-hybridized carbons (Fsp3) is 0.500. The van der Waals surface area contributed by atoms with Crippen molar-refractivity contribution >= 4 is 11.0 Å². The van der Waals surface area contributed by atoms with Gasteiger partial charge in [0.25, 0.3) is 5.56 Å². The molecular formula is C10H14N4O. The summed E-state index contributed by atoms with van der Waals surface area (Å²) < 4.78 is 3.20. The summed E-state index contributed by atoms with van der Waals surface area (Å²) in [5.41, 5.74) is 1.20. The van der Waals surface area contributed by atoms with E-state index in [1.54, 1.807) is 28.8 Å². The molecule has 5 heteroatoms. The van der Waals surface area contributed by atoms with E-state index in [1.807, 2.05) is 0 Å². The molecule has 15 heavy (non-hydrogen) atoms. The van der Waals surface area contributed by atoms with Crippen LogP contribution in [0.4, 0.5) is 0 Å². The monoisotopic (exact) mass is 206 g/mol. The van der Waals surface area contributed by atoms with Crippen LogP contribution in [0.5, 0.6) is 0 Å². The van der Waals surface area contributed by atoms with Crippen molar-refractivity contribution < 1.29 is 0 Å². The lowest BCUT2D eigenvalue weighted by molar-refractivity contribution is 0.507. The molecule has 2 aromatic heterocycles. The second kappa shape index (κ2) is 3.49. The minimum atomic E-state index is -0.0197. The normalized spacial score (nSPS) is 11.5. The highest BCUT2D eigenvalue weighted by molar-refractivity contribution is 5.72. The van der Waals surface area contributed by atoms with E-state index >= 15 is 0 Å². The Hall–Kier alpha value is -1.65. The first-order valence-electron chi connectivity index (χ1n) is 4.96. The van der Waals surface area contributed by atoms with Crippen LogP contribution in [-0.2, 0) is 13.6 Å². The quantitative estimate of drug-likeness (QED) is 0.729. The molecule has 80 valence electrons. The maximum Gasteiger partial charge on any atom is 0.279 e. The summed E-state index contributed by atoms with van der Waals surface area (Å²) in [5, 5.41) is 4.02. The molecule has 0 amide bonds. The highest BCUT2D eigenvalue weighted by Gasteiger charge is 2.08. The van der Waals surface area contributed by atoms with Gasteiger partial charge < -0.3 is 0 Å². The molecule has 5 nitrogen and oxygen atoms in total. The van der Waals surface area contributed by atoms with Crippen LogP contribution in [0.3, 0.4) is 0 Å². The van der Waals surface area contributed by atoms with Gasteiger partial charge in [-0.2, -0.15) is 5.10 Å². The number of hydrogen-bond acceptors (Lipinski definition) is 3. The molecule has 0 aliphatic heterocycles. The van der Waals surface area contributed by atoms with Crippen LogP contribution in [0.2, 0.25) is 0 Å². The zero-order valence-electron chi connectivity index (χ0n) is 9.14. The molecule has 2 aromatic rings. The van der Waals surface area contributed by atoms with Crippen molar-refractivity contribution in [3.8, 4) is 0 Å². The molecule has 0 saturated heterocycles. The Kier molecular flexibility index (Phi) is 2.30. The molecule has 2 heterocycles. The molecule has 2 rings (SSSR count). The second-order valence-corrected chi connectivity index (χ2v) is 4.10. The Bertz CT molecular complexity index is 538. The number of hydrogen-bond donors (Lipinski definition) is 0. The first-order valence-corrected chi connectivity index (χ1v) is 4.96. The van der Waals surface area contributed by atoms with Crippen molar-refractivity contribution in [1.82, 2.24) is 19.3 Å². The van der Waals surface area contributed by atoms with Crippen LogP contribution >= 0.6 is 0 Å². The minimum absolute atomic E-state index is 0.0197. The van der Waals surface area contributed by atoms with Crippen molar-refractivity contribution in [3.63, 3.8) is 0 Å². The van der Waals surface area contributed by atoms with Gasteiger partial charge in [0.1, 0.15) is 5.52 Å². The topological polar surface area (TPSA) is 52.7 Å². The van der Waals surface area contributed by atoms with Crippen molar-refractivity contribution in [1.29, 1.82) is 0 Å². The molecule has 0 unspecified atom stereocenters. The maximum atomic E-state index is 12.0. The Morgan fingerprint density at radius 1 is 1.47 bits per heavy atom. The van der Waals surface area contributed by atoms with Gasteiger partial charge in [-0.05, 0) is 5.92 Å². The Labute approximate surface area is 87.4 Å². The first-order chi connectivity index (χ1) is 7.09. The Balaban J connectivity index is 2.64. The number of aryl methyl sites for hydroxylation is 1. The zero-order chi connectivity index (χ0) is 11.0. The van der Waals surface area contributed by atoms with E-state index < -0.39 is 0 Å². The third-order valence-corrected chi connectivity index (χ3v) is 2.28. The summed E-state index contributed by atoms with van der Waals surface area (Å²) in [6.45, 7) is 4.83. The predicted octanol–water partition coefficient (Wildman–Crippen LogP) is 0.786. The van der Waals surface area contributed by atoms with Gasteiger partial charge in [0.15, 0.2) is 5.52 Å². The summed E-state index contributed by atoms with van der Waals surface area (Å²) in [6.07, 6.45) is 3.20. The van der Waals surface area contributed by atoms with Gasteiger partial charge in [-0.25, -0.2) is 4.98 Å². The van der Waals surface area contributed by atoms with Gasteiger partial charge in [0.2, 0.25) is 0 Å². The van der Waals surface area contributed by atoms with Crippen molar-refractivity contribution in [2.45, 2.75) is 20.4 Å². The average Bonchev–Trinajstić information content (AvgIpc) is 2.53. The third kappa shape index (κ3) is 1.65. The fourth-order valence-corrected chi connectivity index (χ4v) is 1.61. The lowest BCUT2D eigenvalue weighted by Gasteiger charge is -2.07. The van der Waals surface area contributed by atoms with Crippen LogP contribution in [0, 0.1) is 5.92 Å². The van der Waals surface area contributed by atoms with Gasteiger partial charge in [-0.15, -0.1) is 0 Å². The lowest BCUT2D eigenvalue weighted by atomic mass is 10.2. The minimum Gasteiger partial charge on any atom is -0.297 e. The summed E-state index contributed by atoms with van der Waals surface area (Å²) >= 11 is 0. The van der Waals surface area contributed by atoms with Gasteiger partial charge in [-0.3, -0.25) is 14.0 Å². The molecule has 0 aliphatic carbocycles. The molecule has 0 aliphatic rings. The molecular weight excluding hydrogens is 192 g/mol. The fourth-order valence-electron chi connectivity index (χ4n) is 1.61. The van der Waals surface area contributed by atoms with Crippen LogP contribution in [0.15, 0.2) is 17.3 Å². The van der Waals surface area contributed by atoms with Crippen LogP contribution in [-0.4, -0.2) is 19.3 Å². The number of fused-ring (bicyclic) bond motifs is 1. The summed E-state index contributed by atoms with van der Waals surface area (Å²) in [7, 11) is 1.76. The number of rotatable bonds is 2. The number of aromatic nitrogens is 4. The summed E-state index contributed by atoms with van der Waals surface area (Å²) in [6, 6.07) is 0. The largest absolute Gasteiger partial charge is 0.297 e. The highest BCUT2D eigenvalue weighted by Crippen LogP contribution is 2.04. The lowest BCUT2D eigenvalue weighted by Crippen LogP contribution is -2.24. The SMILES string of the molecule is CC(C)Cn1cnc2cnn(C)c2c1=O. The van der Waals surface area contributed by atoms with Crippen molar-refractivity contribution in [2.75, 3.05) is 0 Å². The van der Waals surface area contributed by atoms with E-state index in [0.29, 0.717) is 23.5 Å². The van der Waals surface area contributed by atoms with Crippen LogP contribution in [0.1, 0.15) is 13.8 Å². The third-order valence-electron chi connectivity index (χ3n) is 2.28. The van der Waals surface area contributed by atoms with Crippen molar-refractivity contribution in [2.24, 2.45) is 13.0 Å². The standard InChI is InChI=1S/C10H14N4O/c1-7(2)5-14-6-11-8-4-12-13(3)9(8)10(14)15/h4,6-7H,5H2,1-3H3. The molecule has 0 fully saturated rings. The van der Waals surface area contributed by atoms with E-state index in [4.69, 9.17) is 0 Å². The highest BCUT2D eigenvalue weighted by atomic mass is 16.1. The van der Waals surface area contributed by atoms with E-state index in [0.717, 1.165) is 0 Å². The Morgan fingerprint density at radius 3 is 2.87 bits per heavy atom. The van der Waals surface area contributed by atoms with Crippen LogP contribution in [0.25, 0.3) is 11.0 Å². The van der Waals surface area contributed by atoms with Crippen LogP contribution < -0.4 is 5.56 Å². The second-order valence-electron chi connectivity index (χ2n) is 4.10. The molecule has 0 saturated carbocycles. The molecule has 0 radical (unpaired) electrons. The maximum absolute atomic E-state index is 12.0. The number of nitrogens with zero attached hydrogens (tertiary/aromatic N) is 4. The van der Waals surface area contributed by atoms with Gasteiger partial charge in [-0.1, -0.05) is 13.8 Å². The van der Waals surface area contributed by atoms with Crippen molar-refractivity contribution in [3.05, 3.63) is 22.9 Å². The van der Waals surface area contributed by atoms with Gasteiger partial charge in [0, 0.05) is 13.6 Å². The summed E-state index contributed by atoms with van der Waals surface area (Å²) in [4.78, 5) is 16.2. The van der Waals surface area contributed by atoms with E-state index in [2.05, 4.69) is 23.9 Å². The zero-order valence-corrected chi connectivity index (χ0v) is 9.14. The van der Waals surface area contributed by atoms with E-state index in [-0.39, 0.29) is 5.56 Å². The molecule has 0 spiro atoms. The molecule has 0 atom stereocenters. The first kappa shape index (κ1) is 9.89. The predicted molar refractivity (Wildman–Crippen MR) is 57.6 cm³/mol. The molecule has 0 aromatic carbocycles. The molecule has 0 N–H and O–H groups in total. The summed E-state index contributed by atoms with van der Waals surface area (Å²) in [5.74, 6) is 0.426. The van der Waals surface area contributed by atoms with Gasteiger partial charge >= 0.3 is 0 Å². The van der Waals surface area contributed by atoms with Gasteiger partial charge in [0.05, 0.1) is 12.5 Å². The Morgan fingerprint density at radius 2 is 2.20 bits per heavy atom. The average molecular weight is 206 g/mol.